The highest BCUT2D eigenvalue weighted by molar-refractivity contribution is 7.70. The number of nitrogens with one attached hydrogen (secondary N) is 3. The highest BCUT2D eigenvalue weighted by atomic mass is 31.2. The Balaban J connectivity index is 1.09. The molecule has 2 aliphatic rings. The zero-order valence-electron chi connectivity index (χ0n) is 32.3. The van der Waals surface area contributed by atoms with Gasteiger partial charge in [0, 0.05) is 35.8 Å². The number of amides is 1. The van der Waals surface area contributed by atoms with Crippen LogP contribution in [0.15, 0.2) is 73.1 Å². The standard InChI is InChI=1S/C41H51N8O4P/c1-27-22-29(14-17-33(27)48-20-18-41(19-21-48)23-30(24-41)44-39(50)53-40(2,3)4)43-38-46-36(45-32-10-8-9-11-34(32)54(6,7)51)35-37(47-38)49(26-42-35)25-28-12-15-31(52-5)16-13-28/h8-17,22,26,30H,18-21,23-25H2,1-7H3,(H,44,50)(H2,43,45,46,47). The van der Waals surface area contributed by atoms with Gasteiger partial charge in [-0.1, -0.05) is 24.3 Å². The molecule has 3 heterocycles. The summed E-state index contributed by atoms with van der Waals surface area (Å²) in [7, 11) is -0.934. The molecule has 0 bridgehead atoms. The largest absolute Gasteiger partial charge is 0.497 e. The number of hydrogen-bond donors (Lipinski definition) is 3. The first-order valence-corrected chi connectivity index (χ1v) is 21.2. The van der Waals surface area contributed by atoms with E-state index in [9.17, 15) is 9.36 Å². The Kier molecular flexibility index (Phi) is 10.1. The Morgan fingerprint density at radius 2 is 1.70 bits per heavy atom. The summed E-state index contributed by atoms with van der Waals surface area (Å²) in [6.45, 7) is 13.8. The number of rotatable bonds is 10. The molecule has 5 aromatic rings. The molecule has 13 heteroatoms. The second kappa shape index (κ2) is 14.6. The minimum atomic E-state index is -2.59. The number of methoxy groups -OCH3 is 1. The van der Waals surface area contributed by atoms with Crippen LogP contribution in [0, 0.1) is 12.3 Å². The summed E-state index contributed by atoms with van der Waals surface area (Å²) in [6.07, 6.45) is 5.66. The van der Waals surface area contributed by atoms with Crippen LogP contribution < -0.4 is 30.9 Å². The summed E-state index contributed by atoms with van der Waals surface area (Å²) in [5.41, 5.74) is 6.12. The molecule has 0 radical (unpaired) electrons. The Hall–Kier alpha value is -5.09. The number of ether oxygens (including phenoxy) is 2. The van der Waals surface area contributed by atoms with Crippen molar-refractivity contribution in [2.45, 2.75) is 71.6 Å². The van der Waals surface area contributed by atoms with Crippen molar-refractivity contribution >= 4 is 58.5 Å². The average Bonchev–Trinajstić information content (AvgIpc) is 3.50. The number of imidazole rings is 1. The van der Waals surface area contributed by atoms with Crippen LogP contribution in [0.2, 0.25) is 0 Å². The predicted molar refractivity (Wildman–Crippen MR) is 217 cm³/mol. The van der Waals surface area contributed by atoms with Crippen LogP contribution in [0.25, 0.3) is 11.2 Å². The lowest BCUT2D eigenvalue weighted by Crippen LogP contribution is -2.55. The zero-order chi connectivity index (χ0) is 38.3. The van der Waals surface area contributed by atoms with Crippen LogP contribution in [0.3, 0.4) is 0 Å². The molecule has 1 aliphatic carbocycles. The van der Waals surface area contributed by atoms with E-state index in [-0.39, 0.29) is 12.1 Å². The summed E-state index contributed by atoms with van der Waals surface area (Å²) in [5.74, 6) is 1.73. The minimum absolute atomic E-state index is 0.187. The van der Waals surface area contributed by atoms with E-state index in [0.717, 1.165) is 72.3 Å². The van der Waals surface area contributed by atoms with Gasteiger partial charge in [0.25, 0.3) is 0 Å². The third-order valence-corrected chi connectivity index (χ3v) is 12.0. The number of aryl methyl sites for hydroxylation is 1. The SMILES string of the molecule is COc1ccc(Cn2cnc3c(Nc4ccccc4P(C)(C)=O)nc(Nc4ccc(N5CCC6(CC5)CC(NC(=O)OC(C)(C)C)C6)c(C)c4)nc32)cc1. The van der Waals surface area contributed by atoms with E-state index >= 15 is 0 Å². The fraction of sp³-hybridized carbons (Fsp3) is 0.415. The molecule has 54 heavy (non-hydrogen) atoms. The van der Waals surface area contributed by atoms with Gasteiger partial charge >= 0.3 is 6.09 Å². The fourth-order valence-corrected chi connectivity index (χ4v) is 8.87. The van der Waals surface area contributed by atoms with Crippen molar-refractivity contribution in [1.82, 2.24) is 24.8 Å². The van der Waals surface area contributed by atoms with E-state index < -0.39 is 12.7 Å². The summed E-state index contributed by atoms with van der Waals surface area (Å²) >= 11 is 0. The highest BCUT2D eigenvalue weighted by Crippen LogP contribution is 2.50. The Morgan fingerprint density at radius 1 is 0.981 bits per heavy atom. The molecule has 1 saturated heterocycles. The van der Waals surface area contributed by atoms with Crippen LogP contribution in [-0.4, -0.2) is 70.8 Å². The van der Waals surface area contributed by atoms with Gasteiger partial charge in [0.2, 0.25) is 5.95 Å². The second-order valence-corrected chi connectivity index (χ2v) is 19.3. The molecule has 12 nitrogen and oxygen atoms in total. The molecule has 284 valence electrons. The molecule has 0 atom stereocenters. The molecule has 3 aromatic carbocycles. The van der Waals surface area contributed by atoms with Gasteiger partial charge in [-0.05, 0) is 126 Å². The van der Waals surface area contributed by atoms with E-state index in [1.54, 1.807) is 26.8 Å². The van der Waals surface area contributed by atoms with Gasteiger partial charge < -0.3 is 39.5 Å². The molecule has 2 aromatic heterocycles. The highest BCUT2D eigenvalue weighted by Gasteiger charge is 2.46. The monoisotopic (exact) mass is 750 g/mol. The first-order valence-electron chi connectivity index (χ1n) is 18.6. The molecule has 0 unspecified atom stereocenters. The summed E-state index contributed by atoms with van der Waals surface area (Å²) in [5, 5.41) is 10.7. The number of anilines is 5. The third-order valence-electron chi connectivity index (χ3n) is 10.4. The molecule has 1 amide bonds. The molecule has 7 rings (SSSR count). The maximum absolute atomic E-state index is 13.2. The molecule has 1 spiro atoms. The van der Waals surface area contributed by atoms with Crippen LogP contribution in [0.5, 0.6) is 5.75 Å². The van der Waals surface area contributed by atoms with Crippen molar-refractivity contribution in [3.05, 3.63) is 84.2 Å². The van der Waals surface area contributed by atoms with Crippen molar-refractivity contribution in [1.29, 1.82) is 0 Å². The van der Waals surface area contributed by atoms with Crippen LogP contribution in [0.1, 0.15) is 57.6 Å². The van der Waals surface area contributed by atoms with Crippen molar-refractivity contribution < 1.29 is 18.8 Å². The molecular weight excluding hydrogens is 699 g/mol. The quantitative estimate of drug-likeness (QED) is 0.120. The van der Waals surface area contributed by atoms with E-state index in [1.807, 2.05) is 73.9 Å². The lowest BCUT2D eigenvalue weighted by atomic mass is 9.60. The third kappa shape index (κ3) is 8.34. The van der Waals surface area contributed by atoms with E-state index in [0.29, 0.717) is 34.9 Å². The zero-order valence-corrected chi connectivity index (χ0v) is 33.2. The number of carbonyl (C=O) groups excluding carboxylic acids is 1. The molecule has 1 saturated carbocycles. The number of fused-ring (bicyclic) bond motifs is 1. The predicted octanol–water partition coefficient (Wildman–Crippen LogP) is 8.20. The number of benzene rings is 3. The summed E-state index contributed by atoms with van der Waals surface area (Å²) in [4.78, 5) is 29.3. The number of aromatic nitrogens is 4. The number of nitrogens with zero attached hydrogens (tertiary/aromatic N) is 5. The second-order valence-electron chi connectivity index (χ2n) is 16.1. The van der Waals surface area contributed by atoms with Crippen molar-refractivity contribution in [3.63, 3.8) is 0 Å². The number of piperidine rings is 1. The van der Waals surface area contributed by atoms with Crippen molar-refractivity contribution in [2.24, 2.45) is 5.41 Å². The summed E-state index contributed by atoms with van der Waals surface area (Å²) in [6, 6.07) is 22.1. The van der Waals surface area contributed by atoms with Gasteiger partial charge in [0.15, 0.2) is 17.0 Å². The maximum Gasteiger partial charge on any atom is 0.407 e. The van der Waals surface area contributed by atoms with E-state index in [1.165, 1.54) is 5.69 Å². The summed E-state index contributed by atoms with van der Waals surface area (Å²) < 4.78 is 26.0. The lowest BCUT2D eigenvalue weighted by Gasteiger charge is -2.52. The van der Waals surface area contributed by atoms with Crippen molar-refractivity contribution in [3.8, 4) is 5.75 Å². The smallest absolute Gasteiger partial charge is 0.407 e. The lowest BCUT2D eigenvalue weighted by molar-refractivity contribution is 0.0234. The molecule has 2 fully saturated rings. The van der Waals surface area contributed by atoms with Crippen molar-refractivity contribution in [2.75, 3.05) is 49.1 Å². The Morgan fingerprint density at radius 3 is 2.37 bits per heavy atom. The molecular formula is C41H51N8O4P. The van der Waals surface area contributed by atoms with Gasteiger partial charge in [-0.2, -0.15) is 9.97 Å². The normalized spacial score (nSPS) is 15.9. The molecule has 3 N–H and O–H groups in total. The van der Waals surface area contributed by atoms with Crippen LogP contribution in [0.4, 0.5) is 33.6 Å². The number of hydrogen-bond acceptors (Lipinski definition) is 10. The fourth-order valence-electron chi connectivity index (χ4n) is 7.72. The Bertz CT molecular complexity index is 2190. The van der Waals surface area contributed by atoms with Gasteiger partial charge in [0.1, 0.15) is 18.5 Å². The van der Waals surface area contributed by atoms with Crippen LogP contribution >= 0.6 is 7.14 Å². The Labute approximate surface area is 317 Å². The first kappa shape index (κ1) is 37.2. The van der Waals surface area contributed by atoms with Gasteiger partial charge in [-0.15, -0.1) is 0 Å². The topological polar surface area (TPSA) is 136 Å². The maximum atomic E-state index is 13.2. The average molecular weight is 751 g/mol. The van der Waals surface area contributed by atoms with Gasteiger partial charge in [-0.3, -0.25) is 0 Å². The van der Waals surface area contributed by atoms with Crippen LogP contribution in [-0.2, 0) is 15.8 Å². The number of alkyl carbamates (subject to hydrolysis) is 1. The van der Waals surface area contributed by atoms with E-state index in [4.69, 9.17) is 24.4 Å². The first-order chi connectivity index (χ1) is 25.7. The van der Waals surface area contributed by atoms with Gasteiger partial charge in [-0.25, -0.2) is 9.78 Å². The van der Waals surface area contributed by atoms with Gasteiger partial charge in [0.05, 0.1) is 25.7 Å². The molecule has 1 aliphatic heterocycles. The number of carbonyl (C=O) groups is 1. The van der Waals surface area contributed by atoms with E-state index in [2.05, 4.69) is 46.0 Å². The minimum Gasteiger partial charge on any atom is -0.497 e. The number of para-hydroxylation sites is 1.